The third-order valence-corrected chi connectivity index (χ3v) is 12.8. The van der Waals surface area contributed by atoms with E-state index in [2.05, 4.69) is 21.5 Å². The number of carboxylic acids is 2. The molecule has 4 rings (SSSR count). The van der Waals surface area contributed by atoms with Crippen molar-refractivity contribution in [2.24, 2.45) is 0 Å². The molecule has 4 fully saturated rings. The van der Waals surface area contributed by atoms with Crippen LogP contribution in [-0.4, -0.2) is 269 Å². The first-order valence-electron chi connectivity index (χ1n) is 18.6. The maximum atomic E-state index is 12.7. The lowest BCUT2D eigenvalue weighted by Crippen LogP contribution is -2.70. The second-order valence-corrected chi connectivity index (χ2v) is 21.4. The van der Waals surface area contributed by atoms with Crippen LogP contribution in [0, 0.1) is 0 Å². The van der Waals surface area contributed by atoms with Gasteiger partial charge in [0, 0.05) is 7.11 Å². The summed E-state index contributed by atoms with van der Waals surface area (Å²) in [5.74, 6) is -4.55. The summed E-state index contributed by atoms with van der Waals surface area (Å²) >= 11 is 0. The Kier molecular flexibility index (Phi) is 20.3. The van der Waals surface area contributed by atoms with E-state index >= 15 is 0 Å². The molecule has 72 heavy (non-hydrogen) atoms. The van der Waals surface area contributed by atoms with Gasteiger partial charge >= 0.3 is 74.1 Å². The molecule has 15 N–H and O–H groups in total. The molecule has 0 radical (unpaired) electrons. The average Bonchev–Trinajstić information content (AvgIpc) is 3.19. The quantitative estimate of drug-likeness (QED) is 0.0423. The lowest BCUT2D eigenvalue weighted by molar-refractivity contribution is -0.367. The van der Waals surface area contributed by atoms with Crippen LogP contribution in [0.3, 0.4) is 0 Å². The molecule has 4 heterocycles. The molecule has 0 aromatic rings. The van der Waals surface area contributed by atoms with Gasteiger partial charge in [-0.05, 0) is 0 Å². The highest BCUT2D eigenvalue weighted by atomic mass is 32.3. The van der Waals surface area contributed by atoms with E-state index in [0.29, 0.717) is 0 Å². The number of hydrogen-bond acceptors (Lipinski definition) is 31. The molecule has 0 aliphatic carbocycles. The minimum absolute atomic E-state index is 0.805. The molecule has 41 nitrogen and oxygen atoms in total. The Balaban J connectivity index is 1.81. The van der Waals surface area contributed by atoms with Crippen molar-refractivity contribution in [1.82, 2.24) is 9.44 Å². The van der Waals surface area contributed by atoms with Crippen molar-refractivity contribution in [1.29, 1.82) is 0 Å². The van der Waals surface area contributed by atoms with Gasteiger partial charge in [0.2, 0.25) is 0 Å². The number of ether oxygens (including phenoxy) is 8. The molecule has 20 atom stereocenters. The maximum Gasteiger partial charge on any atom is 0.397 e. The molecule has 0 bridgehead atoms. The molecule has 0 spiro atoms. The van der Waals surface area contributed by atoms with Crippen molar-refractivity contribution in [3.63, 3.8) is 0 Å². The monoisotopic (exact) mass is 1190 g/mol. The van der Waals surface area contributed by atoms with Crippen LogP contribution >= 0.6 is 0 Å². The van der Waals surface area contributed by atoms with Crippen molar-refractivity contribution >= 4 is 74.1 Å². The normalized spacial score (nSPS) is 38.8. The summed E-state index contributed by atoms with van der Waals surface area (Å²) in [5, 5.41) is 75.1. The summed E-state index contributed by atoms with van der Waals surface area (Å²) in [6, 6.07) is -5.26. The third-order valence-electron chi connectivity index (χ3n) is 9.84. The molecule has 0 aromatic carbocycles. The van der Waals surface area contributed by atoms with Gasteiger partial charge in [-0.1, -0.05) is 0 Å². The zero-order valence-corrected chi connectivity index (χ0v) is 39.7. The summed E-state index contributed by atoms with van der Waals surface area (Å²) in [5.41, 5.74) is 0. The Morgan fingerprint density at radius 3 is 1.19 bits per heavy atom. The van der Waals surface area contributed by atoms with Gasteiger partial charge in [-0.15, -0.1) is 0 Å². The van der Waals surface area contributed by atoms with E-state index < -0.39 is 210 Å². The Morgan fingerprint density at radius 2 is 0.819 bits per heavy atom. The zero-order chi connectivity index (χ0) is 55.0. The highest BCUT2D eigenvalue weighted by Gasteiger charge is 2.60. The van der Waals surface area contributed by atoms with Crippen LogP contribution in [0.4, 0.5) is 0 Å². The van der Waals surface area contributed by atoms with E-state index in [0.717, 1.165) is 7.11 Å². The summed E-state index contributed by atoms with van der Waals surface area (Å²) < 4.78 is 259. The maximum absolute atomic E-state index is 12.7. The Hall–Kier alpha value is -2.36. The molecule has 0 unspecified atom stereocenters. The minimum atomic E-state index is -6.04. The molecule has 4 aliphatic heterocycles. The Bertz CT molecular complexity index is 2600. The van der Waals surface area contributed by atoms with E-state index in [-0.39, 0.29) is 0 Å². The number of nitrogens with one attached hydrogen (secondary N) is 2. The lowest BCUT2D eigenvalue weighted by Gasteiger charge is -2.49. The second-order valence-electron chi connectivity index (χ2n) is 14.7. The Morgan fingerprint density at radius 1 is 0.458 bits per heavy atom. The molecule has 0 amide bonds. The van der Waals surface area contributed by atoms with Gasteiger partial charge in [0.25, 0.3) is 0 Å². The first kappa shape index (κ1) is 62.2. The van der Waals surface area contributed by atoms with Crippen LogP contribution in [0.15, 0.2) is 0 Å². The van der Waals surface area contributed by atoms with Crippen molar-refractivity contribution in [2.45, 2.75) is 123 Å². The molecular formula is C25H42N2O39S6. The average molecular weight is 1190 g/mol. The fraction of sp³-hybridized carbons (Fsp3) is 0.920. The number of carbonyl (C=O) groups is 2. The fourth-order valence-electron chi connectivity index (χ4n) is 7.13. The van der Waals surface area contributed by atoms with E-state index in [1.54, 1.807) is 0 Å². The molecule has 47 heteroatoms. The standard InChI is InChI=1S/C25H42N2O39S6/c1-55-12-4(2-56-69(43,44)45)58-23(6(8(12)28)26-67(37,38)39)63-15-11(31)17(66-72(52,53)54)25(64-19(15)21(34)35)61-13-5(3-57-70(46,47)48)59-24(7(9(13)29)27-68(40,41)42)62-14-10(30)16(65-71(49,50)51)22(36)60-18(14)20(32)33/h4-19,22-31,36H,2-3H2,1H3,(H,32,33)(H,34,35)(H,37,38,39)(H,40,41,42)(H,43,44,45)(H,46,47,48)(H,49,50,51)(H,52,53,54)/t4-,5-,6-,7-,8-,9-,10+,11+,12-,13-,14+,15+,16-,17-,18-,19-,22-,23-,24-,25-/m1/s1. The van der Waals surface area contributed by atoms with Gasteiger partial charge in [0.1, 0.15) is 73.1 Å². The van der Waals surface area contributed by atoms with Crippen molar-refractivity contribution in [2.75, 3.05) is 20.3 Å². The summed E-state index contributed by atoms with van der Waals surface area (Å²) in [4.78, 5) is 24.8. The zero-order valence-electron chi connectivity index (χ0n) is 34.8. The van der Waals surface area contributed by atoms with E-state index in [9.17, 15) is 114 Å². The fourth-order valence-corrected chi connectivity index (χ4v) is 9.91. The molecule has 4 aliphatic rings. The highest BCUT2D eigenvalue weighted by molar-refractivity contribution is 7.84. The highest BCUT2D eigenvalue weighted by Crippen LogP contribution is 2.37. The third kappa shape index (κ3) is 17.3. The summed E-state index contributed by atoms with van der Waals surface area (Å²) in [6.07, 6.45) is -49.1. The van der Waals surface area contributed by atoms with E-state index in [1.807, 2.05) is 0 Å². The number of aliphatic hydroxyl groups excluding tert-OH is 5. The summed E-state index contributed by atoms with van der Waals surface area (Å²) in [7, 11) is -33.2. The number of hydrogen-bond donors (Lipinski definition) is 15. The molecule has 422 valence electrons. The smallest absolute Gasteiger partial charge is 0.397 e. The van der Waals surface area contributed by atoms with Gasteiger partial charge in [-0.25, -0.2) is 26.3 Å². The number of aliphatic hydroxyl groups is 5. The Labute approximate surface area is 403 Å². The van der Waals surface area contributed by atoms with Crippen LogP contribution in [0.1, 0.15) is 0 Å². The van der Waals surface area contributed by atoms with Crippen LogP contribution < -0.4 is 9.44 Å². The molecule has 0 aromatic heterocycles. The molecular weight excluding hydrogens is 1140 g/mol. The SMILES string of the molecule is CO[C@H]1[C@H](O)[C@@H](NS(=O)(=O)O)[C@@H](O[C@H]2[C@H](O)[C@@H](OS(=O)(=O)O)[C@H](O[C@H]3[C@H](O)[C@@H](NS(=O)(=O)O)[C@@H](O[C@H]4[C@H](O)[C@@H](OS(=O)(=O)O)[C@H](O)O[C@H]4C(=O)O)O[C@@H]3COS(=O)(=O)O)O[C@H]2C(=O)O)O[C@@H]1COS(=O)(=O)O. The van der Waals surface area contributed by atoms with E-state index in [4.69, 9.17) is 42.3 Å². The first-order chi connectivity index (χ1) is 32.6. The van der Waals surface area contributed by atoms with Crippen molar-refractivity contribution in [3.8, 4) is 0 Å². The predicted octanol–water partition coefficient (Wildman–Crippen LogP) is -10.8. The van der Waals surface area contributed by atoms with E-state index in [1.165, 1.54) is 9.44 Å². The van der Waals surface area contributed by atoms with Gasteiger partial charge in [-0.2, -0.15) is 60.0 Å². The van der Waals surface area contributed by atoms with Crippen LogP contribution in [0.5, 0.6) is 0 Å². The molecule has 0 saturated carbocycles. The lowest BCUT2D eigenvalue weighted by atomic mass is 9.94. The number of methoxy groups -OCH3 is 1. The van der Waals surface area contributed by atoms with Gasteiger partial charge in [0.15, 0.2) is 49.6 Å². The largest absolute Gasteiger partial charge is 0.479 e. The van der Waals surface area contributed by atoms with Crippen LogP contribution in [0.2, 0.25) is 0 Å². The van der Waals surface area contributed by atoms with Gasteiger partial charge in [-0.3, -0.25) is 27.3 Å². The second kappa shape index (κ2) is 23.5. The molecule has 4 saturated heterocycles. The summed E-state index contributed by atoms with van der Waals surface area (Å²) in [6.45, 7) is -3.11. The number of aliphatic carboxylic acids is 2. The predicted molar refractivity (Wildman–Crippen MR) is 206 cm³/mol. The topological polar surface area (TPSA) is 637 Å². The van der Waals surface area contributed by atoms with Crippen LogP contribution in [-0.2, 0) is 126 Å². The van der Waals surface area contributed by atoms with Crippen molar-refractivity contribution in [3.05, 3.63) is 0 Å². The van der Waals surface area contributed by atoms with Crippen LogP contribution in [0.25, 0.3) is 0 Å². The first-order valence-corrected chi connectivity index (χ1v) is 27.0. The van der Waals surface area contributed by atoms with Crippen molar-refractivity contribution < 1.29 is 178 Å². The van der Waals surface area contributed by atoms with Gasteiger partial charge < -0.3 is 73.6 Å². The number of rotatable bonds is 23. The number of carboxylic acid groups (broad SMARTS) is 2. The van der Waals surface area contributed by atoms with Gasteiger partial charge in [0.05, 0.1) is 13.2 Å². The minimum Gasteiger partial charge on any atom is -0.479 e.